The van der Waals surface area contributed by atoms with Crippen LogP contribution in [0.25, 0.3) is 11.0 Å². The average Bonchev–Trinajstić information content (AvgIpc) is 2.89. The van der Waals surface area contributed by atoms with Gasteiger partial charge >= 0.3 is 5.97 Å². The summed E-state index contributed by atoms with van der Waals surface area (Å²) in [6.07, 6.45) is 6.17. The number of rotatable bonds is 4. The minimum absolute atomic E-state index is 0.0632. The zero-order valence-electron chi connectivity index (χ0n) is 11.9. The number of carboxylic acids is 1. The molecule has 2 aliphatic carbocycles. The highest BCUT2D eigenvalue weighted by molar-refractivity contribution is 5.94. The first-order valence-electron chi connectivity index (χ1n) is 7.55. The topological polar surface area (TPSA) is 86.5 Å². The van der Waals surface area contributed by atoms with Crippen molar-refractivity contribution in [2.24, 2.45) is 0 Å². The Morgan fingerprint density at radius 3 is 2.91 bits per heavy atom. The quantitative estimate of drug-likeness (QED) is 0.922. The molecule has 2 aromatic rings. The maximum atomic E-state index is 11.4. The van der Waals surface area contributed by atoms with Crippen molar-refractivity contribution in [3.8, 4) is 5.88 Å². The Balaban J connectivity index is 1.60. The zero-order chi connectivity index (χ0) is 14.9. The Bertz CT molecular complexity index is 784. The van der Waals surface area contributed by atoms with Gasteiger partial charge in [0, 0.05) is 24.4 Å². The van der Waals surface area contributed by atoms with Crippen molar-refractivity contribution in [3.63, 3.8) is 0 Å². The molecular formula is C15H15N3O4. The van der Waals surface area contributed by atoms with Gasteiger partial charge in [0.2, 0.25) is 5.88 Å². The van der Waals surface area contributed by atoms with Crippen LogP contribution in [-0.2, 0) is 10.3 Å². The molecule has 2 saturated heterocycles. The van der Waals surface area contributed by atoms with Gasteiger partial charge in [0.15, 0.2) is 5.65 Å². The third-order valence-electron chi connectivity index (χ3n) is 4.78. The van der Waals surface area contributed by atoms with Crippen LogP contribution in [0.5, 0.6) is 5.88 Å². The molecule has 4 aliphatic rings. The molecule has 7 heteroatoms. The van der Waals surface area contributed by atoms with Crippen LogP contribution in [-0.4, -0.2) is 44.7 Å². The van der Waals surface area contributed by atoms with E-state index in [9.17, 15) is 9.90 Å². The highest BCUT2D eigenvalue weighted by Crippen LogP contribution is 2.48. The molecule has 7 nitrogen and oxygen atoms in total. The maximum Gasteiger partial charge on any atom is 0.341 e. The van der Waals surface area contributed by atoms with Crippen LogP contribution in [0.1, 0.15) is 36.0 Å². The van der Waals surface area contributed by atoms with Crippen LogP contribution in [0.2, 0.25) is 0 Å². The van der Waals surface area contributed by atoms with Crippen molar-refractivity contribution in [1.82, 2.24) is 14.8 Å². The Hall–Kier alpha value is -2.15. The predicted molar refractivity (Wildman–Crippen MR) is 75.1 cm³/mol. The summed E-state index contributed by atoms with van der Waals surface area (Å²) in [5, 5.41) is 14.6. The minimum Gasteiger partial charge on any atom is -0.477 e. The van der Waals surface area contributed by atoms with Crippen LogP contribution in [0.15, 0.2) is 12.3 Å². The number of carboxylic acid groups (broad SMARTS) is 1. The summed E-state index contributed by atoms with van der Waals surface area (Å²) in [5.41, 5.74) is 0.572. The highest BCUT2D eigenvalue weighted by atomic mass is 16.5. The molecule has 2 bridgehead atoms. The second kappa shape index (κ2) is 3.98. The molecule has 1 N–H and O–H groups in total. The monoisotopic (exact) mass is 301 g/mol. The van der Waals surface area contributed by atoms with Crippen molar-refractivity contribution in [2.45, 2.75) is 43.4 Å². The first-order valence-corrected chi connectivity index (χ1v) is 7.55. The Morgan fingerprint density at radius 2 is 2.27 bits per heavy atom. The van der Waals surface area contributed by atoms with E-state index in [-0.39, 0.29) is 23.1 Å². The molecule has 2 saturated carbocycles. The number of aromatic nitrogens is 3. The number of pyridine rings is 1. The van der Waals surface area contributed by atoms with Crippen LogP contribution in [0.3, 0.4) is 0 Å². The smallest absolute Gasteiger partial charge is 0.341 e. The lowest BCUT2D eigenvalue weighted by atomic mass is 9.78. The molecule has 0 atom stereocenters. The summed E-state index contributed by atoms with van der Waals surface area (Å²) in [7, 11) is 0. The number of ether oxygens (including phenoxy) is 2. The van der Waals surface area contributed by atoms with E-state index in [4.69, 9.17) is 9.47 Å². The second-order valence-electron chi connectivity index (χ2n) is 6.52. The van der Waals surface area contributed by atoms with E-state index in [0.29, 0.717) is 18.4 Å². The maximum absolute atomic E-state index is 11.4. The summed E-state index contributed by atoms with van der Waals surface area (Å²) in [5.74, 6) is -0.844. The summed E-state index contributed by atoms with van der Waals surface area (Å²) in [4.78, 5) is 15.8. The summed E-state index contributed by atoms with van der Waals surface area (Å²) >= 11 is 0. The molecule has 6 rings (SSSR count). The van der Waals surface area contributed by atoms with Gasteiger partial charge in [0.25, 0.3) is 0 Å². The molecule has 4 heterocycles. The molecule has 0 amide bonds. The number of aromatic carboxylic acids is 1. The Morgan fingerprint density at radius 1 is 1.45 bits per heavy atom. The highest BCUT2D eigenvalue weighted by Gasteiger charge is 2.54. The van der Waals surface area contributed by atoms with Crippen molar-refractivity contribution in [2.75, 3.05) is 6.61 Å². The van der Waals surface area contributed by atoms with Crippen LogP contribution < -0.4 is 4.74 Å². The standard InChI is InChI=1S/C15H15N3O4/c19-14(20)11-3-8-6-18(15-4-10(5-15)21-7-15)17-12(8)16-13(11)22-9-1-2-9/h3,6,9-10H,1-2,4-5,7H2,(H,19,20). The van der Waals surface area contributed by atoms with Gasteiger partial charge in [-0.25, -0.2) is 4.79 Å². The summed E-state index contributed by atoms with van der Waals surface area (Å²) in [6.45, 7) is 0.670. The minimum atomic E-state index is -1.02. The fourth-order valence-corrected chi connectivity index (χ4v) is 3.32. The Labute approximate surface area is 125 Å². The normalized spacial score (nSPS) is 29.5. The van der Waals surface area contributed by atoms with Gasteiger partial charge in [-0.2, -0.15) is 10.1 Å². The number of carbonyl (C=O) groups is 1. The molecular weight excluding hydrogens is 286 g/mol. The SMILES string of the molecule is O=C(O)c1cc2cn(C34COC(C3)C4)nc2nc1OC1CC1. The van der Waals surface area contributed by atoms with Crippen molar-refractivity contribution < 1.29 is 19.4 Å². The van der Waals surface area contributed by atoms with Crippen LogP contribution in [0.4, 0.5) is 0 Å². The summed E-state index contributed by atoms with van der Waals surface area (Å²) in [6, 6.07) is 1.61. The van der Waals surface area contributed by atoms with Gasteiger partial charge in [-0.3, -0.25) is 4.68 Å². The van der Waals surface area contributed by atoms with Crippen LogP contribution >= 0.6 is 0 Å². The molecule has 0 radical (unpaired) electrons. The lowest BCUT2D eigenvalue weighted by molar-refractivity contribution is 0.0691. The number of hydrogen-bond acceptors (Lipinski definition) is 5. The largest absolute Gasteiger partial charge is 0.477 e. The average molecular weight is 301 g/mol. The van der Waals surface area contributed by atoms with E-state index in [2.05, 4.69) is 10.1 Å². The first kappa shape index (κ1) is 12.4. The van der Waals surface area contributed by atoms with Crippen LogP contribution in [0, 0.1) is 0 Å². The van der Waals surface area contributed by atoms with E-state index in [1.54, 1.807) is 6.07 Å². The van der Waals surface area contributed by atoms with E-state index in [1.165, 1.54) is 0 Å². The number of hydrogen-bond donors (Lipinski definition) is 1. The van der Waals surface area contributed by atoms with Gasteiger partial charge in [-0.05, 0) is 18.9 Å². The third kappa shape index (κ3) is 1.68. The number of fused-ring (bicyclic) bond motifs is 2. The molecule has 22 heavy (non-hydrogen) atoms. The number of nitrogens with zero attached hydrogens (tertiary/aromatic N) is 3. The molecule has 0 unspecified atom stereocenters. The van der Waals surface area contributed by atoms with Gasteiger partial charge < -0.3 is 14.6 Å². The molecule has 2 aromatic heterocycles. The lowest BCUT2D eigenvalue weighted by Crippen LogP contribution is -2.43. The first-order chi connectivity index (χ1) is 10.6. The van der Waals surface area contributed by atoms with Crippen molar-refractivity contribution in [3.05, 3.63) is 17.8 Å². The van der Waals surface area contributed by atoms with E-state index < -0.39 is 5.97 Å². The van der Waals surface area contributed by atoms with Crippen molar-refractivity contribution in [1.29, 1.82) is 0 Å². The summed E-state index contributed by atoms with van der Waals surface area (Å²) < 4.78 is 13.2. The lowest BCUT2D eigenvalue weighted by Gasteiger charge is -2.35. The molecule has 114 valence electrons. The van der Waals surface area contributed by atoms with Gasteiger partial charge in [-0.1, -0.05) is 0 Å². The van der Waals surface area contributed by atoms with Gasteiger partial charge in [-0.15, -0.1) is 0 Å². The molecule has 0 spiro atoms. The Kier molecular flexibility index (Phi) is 2.24. The zero-order valence-corrected chi connectivity index (χ0v) is 11.9. The van der Waals surface area contributed by atoms with Gasteiger partial charge in [0.1, 0.15) is 11.7 Å². The molecule has 2 aliphatic heterocycles. The second-order valence-corrected chi connectivity index (χ2v) is 6.52. The van der Waals surface area contributed by atoms with E-state index in [0.717, 1.165) is 31.1 Å². The fourth-order valence-electron chi connectivity index (χ4n) is 3.32. The molecule has 4 fully saturated rings. The van der Waals surface area contributed by atoms with Gasteiger partial charge in [0.05, 0.1) is 18.2 Å². The fraction of sp³-hybridized carbons (Fsp3) is 0.533. The van der Waals surface area contributed by atoms with Crippen molar-refractivity contribution >= 4 is 17.0 Å². The predicted octanol–water partition coefficient (Wildman–Crippen LogP) is 1.56. The third-order valence-corrected chi connectivity index (χ3v) is 4.78. The van der Waals surface area contributed by atoms with E-state index in [1.807, 2.05) is 10.9 Å². The van der Waals surface area contributed by atoms with E-state index >= 15 is 0 Å². The molecule has 0 aromatic carbocycles.